The van der Waals surface area contributed by atoms with Gasteiger partial charge in [-0.25, -0.2) is 0 Å². The first-order valence-electron chi connectivity index (χ1n) is 5.34. The molecule has 17 heavy (non-hydrogen) atoms. The summed E-state index contributed by atoms with van der Waals surface area (Å²) in [6.45, 7) is 0. The van der Waals surface area contributed by atoms with Crippen molar-refractivity contribution in [2.24, 2.45) is 0 Å². The van der Waals surface area contributed by atoms with Crippen LogP contribution in [0.15, 0.2) is 60.4 Å². The molecule has 2 nitrogen and oxygen atoms in total. The van der Waals surface area contributed by atoms with E-state index in [4.69, 9.17) is 0 Å². The van der Waals surface area contributed by atoms with Gasteiger partial charge in [0.1, 0.15) is 0 Å². The number of nitrogens with zero attached hydrogens (tertiary/aromatic N) is 2. The summed E-state index contributed by atoms with van der Waals surface area (Å²) in [7, 11) is 0. The van der Waals surface area contributed by atoms with Crippen molar-refractivity contribution in [2.75, 3.05) is 0 Å². The van der Waals surface area contributed by atoms with Gasteiger partial charge in [-0.2, -0.15) is 0 Å². The van der Waals surface area contributed by atoms with Crippen molar-refractivity contribution in [3.8, 4) is 21.7 Å². The van der Waals surface area contributed by atoms with Crippen molar-refractivity contribution < 1.29 is 0 Å². The predicted molar refractivity (Wildman–Crippen MR) is 70.8 cm³/mol. The van der Waals surface area contributed by atoms with Crippen molar-refractivity contribution in [2.45, 2.75) is 0 Å². The maximum atomic E-state index is 4.47. The van der Waals surface area contributed by atoms with Crippen LogP contribution in [0.4, 0.5) is 0 Å². The van der Waals surface area contributed by atoms with E-state index in [1.54, 1.807) is 17.5 Å². The third-order valence-corrected chi connectivity index (χ3v) is 3.45. The van der Waals surface area contributed by atoms with E-state index in [-0.39, 0.29) is 0 Å². The first kappa shape index (κ1) is 10.2. The Bertz CT molecular complexity index is 586. The van der Waals surface area contributed by atoms with Crippen LogP contribution in [0.5, 0.6) is 0 Å². The molecule has 0 amide bonds. The first-order valence-corrected chi connectivity index (χ1v) is 6.22. The van der Waals surface area contributed by atoms with Crippen LogP contribution in [0.2, 0.25) is 0 Å². The Balaban J connectivity index is 1.96. The van der Waals surface area contributed by atoms with Gasteiger partial charge in [0.2, 0.25) is 0 Å². The fourth-order valence-electron chi connectivity index (χ4n) is 1.67. The topological polar surface area (TPSA) is 25.8 Å². The molecule has 0 aliphatic carbocycles. The number of rotatable bonds is 2. The van der Waals surface area contributed by atoms with Crippen LogP contribution in [0.1, 0.15) is 0 Å². The van der Waals surface area contributed by atoms with E-state index in [0.29, 0.717) is 0 Å². The van der Waals surface area contributed by atoms with Crippen LogP contribution >= 0.6 is 11.3 Å². The molecule has 0 saturated carbocycles. The second-order valence-electron chi connectivity index (χ2n) is 3.65. The summed E-state index contributed by atoms with van der Waals surface area (Å²) in [6, 6.07) is 12.2. The molecule has 3 heterocycles. The number of aromatic nitrogens is 2. The van der Waals surface area contributed by atoms with Gasteiger partial charge >= 0.3 is 0 Å². The molecule has 3 heteroatoms. The van der Waals surface area contributed by atoms with Gasteiger partial charge in [-0.05, 0) is 35.7 Å². The fraction of sp³-hybridized carbons (Fsp3) is 0. The minimum atomic E-state index is 0.957. The highest BCUT2D eigenvalue weighted by Gasteiger charge is 2.01. The van der Waals surface area contributed by atoms with Crippen LogP contribution < -0.4 is 0 Å². The van der Waals surface area contributed by atoms with E-state index >= 15 is 0 Å². The van der Waals surface area contributed by atoms with Crippen molar-refractivity contribution in [3.05, 3.63) is 60.4 Å². The largest absolute Gasteiger partial charge is 0.264 e. The predicted octanol–water partition coefficient (Wildman–Crippen LogP) is 3.87. The molecule has 0 radical (unpaired) electrons. The summed E-state index contributed by atoms with van der Waals surface area (Å²) < 4.78 is 0. The van der Waals surface area contributed by atoms with Crippen molar-refractivity contribution in [1.82, 2.24) is 9.97 Å². The monoisotopic (exact) mass is 238 g/mol. The maximum absolute atomic E-state index is 4.47. The van der Waals surface area contributed by atoms with Crippen molar-refractivity contribution in [3.63, 3.8) is 0 Å². The molecule has 0 saturated heterocycles. The Morgan fingerprint density at radius 1 is 0.882 bits per heavy atom. The maximum Gasteiger partial charge on any atom is 0.0717 e. The lowest BCUT2D eigenvalue weighted by Crippen LogP contribution is -1.84. The molecule has 0 aromatic carbocycles. The SMILES string of the molecule is c1cncc(-c2ccc(-c3cccs3)cn2)c1. The number of hydrogen-bond donors (Lipinski definition) is 0. The average molecular weight is 238 g/mol. The number of pyridine rings is 2. The van der Waals surface area contributed by atoms with Gasteiger partial charge in [0.25, 0.3) is 0 Å². The highest BCUT2D eigenvalue weighted by molar-refractivity contribution is 7.13. The van der Waals surface area contributed by atoms with Gasteiger partial charge in [-0.1, -0.05) is 6.07 Å². The molecule has 0 aliphatic heterocycles. The van der Waals surface area contributed by atoms with E-state index in [2.05, 4.69) is 33.5 Å². The van der Waals surface area contributed by atoms with E-state index in [1.807, 2.05) is 30.6 Å². The molecule has 0 N–H and O–H groups in total. The van der Waals surface area contributed by atoms with E-state index < -0.39 is 0 Å². The summed E-state index contributed by atoms with van der Waals surface area (Å²) in [5.41, 5.74) is 3.16. The van der Waals surface area contributed by atoms with Gasteiger partial charge in [-0.15, -0.1) is 11.3 Å². The highest BCUT2D eigenvalue weighted by atomic mass is 32.1. The molecular weight excluding hydrogens is 228 g/mol. The fourth-order valence-corrected chi connectivity index (χ4v) is 2.39. The zero-order valence-corrected chi connectivity index (χ0v) is 9.89. The van der Waals surface area contributed by atoms with Crippen molar-refractivity contribution in [1.29, 1.82) is 0 Å². The zero-order valence-electron chi connectivity index (χ0n) is 9.08. The Hall–Kier alpha value is -2.00. The Morgan fingerprint density at radius 2 is 1.88 bits per heavy atom. The number of thiophene rings is 1. The van der Waals surface area contributed by atoms with Crippen LogP contribution in [-0.2, 0) is 0 Å². The third kappa shape index (κ3) is 2.10. The molecule has 3 rings (SSSR count). The van der Waals surface area contributed by atoms with Crippen LogP contribution in [0.3, 0.4) is 0 Å². The van der Waals surface area contributed by atoms with E-state index in [0.717, 1.165) is 16.8 Å². The average Bonchev–Trinajstić information content (AvgIpc) is 2.94. The summed E-state index contributed by atoms with van der Waals surface area (Å²) >= 11 is 1.73. The standard InChI is InChI=1S/C14H10N2S/c1-3-11(9-15-7-1)13-6-5-12(10-16-13)14-4-2-8-17-14/h1-10H. The molecule has 0 bridgehead atoms. The summed E-state index contributed by atoms with van der Waals surface area (Å²) in [5.74, 6) is 0. The molecule has 82 valence electrons. The summed E-state index contributed by atoms with van der Waals surface area (Å²) in [5, 5.41) is 2.07. The van der Waals surface area contributed by atoms with Gasteiger partial charge < -0.3 is 0 Å². The lowest BCUT2D eigenvalue weighted by Gasteiger charge is -2.01. The molecule has 0 unspecified atom stereocenters. The quantitative estimate of drug-likeness (QED) is 0.677. The Kier molecular flexibility index (Phi) is 2.68. The van der Waals surface area contributed by atoms with Crippen LogP contribution in [0, 0.1) is 0 Å². The van der Waals surface area contributed by atoms with Crippen LogP contribution in [0.25, 0.3) is 21.7 Å². The Labute approximate surface area is 104 Å². The molecule has 3 aromatic heterocycles. The molecule has 0 fully saturated rings. The van der Waals surface area contributed by atoms with E-state index in [9.17, 15) is 0 Å². The first-order chi connectivity index (χ1) is 8.43. The van der Waals surface area contributed by atoms with Gasteiger partial charge in [0, 0.05) is 34.6 Å². The summed E-state index contributed by atoms with van der Waals surface area (Å²) in [6.07, 6.45) is 5.50. The van der Waals surface area contributed by atoms with E-state index in [1.165, 1.54) is 4.88 Å². The smallest absolute Gasteiger partial charge is 0.0717 e. The Morgan fingerprint density at radius 3 is 2.53 bits per heavy atom. The second kappa shape index (κ2) is 4.47. The number of hydrogen-bond acceptors (Lipinski definition) is 3. The van der Waals surface area contributed by atoms with Gasteiger partial charge in [0.05, 0.1) is 5.69 Å². The van der Waals surface area contributed by atoms with Crippen molar-refractivity contribution >= 4 is 11.3 Å². The highest BCUT2D eigenvalue weighted by Crippen LogP contribution is 2.25. The molecule has 0 aliphatic rings. The lowest BCUT2D eigenvalue weighted by molar-refractivity contribution is 1.28. The zero-order chi connectivity index (χ0) is 11.5. The minimum Gasteiger partial charge on any atom is -0.264 e. The third-order valence-electron chi connectivity index (χ3n) is 2.53. The molecular formula is C14H10N2S. The van der Waals surface area contributed by atoms with Gasteiger partial charge in [0.15, 0.2) is 0 Å². The second-order valence-corrected chi connectivity index (χ2v) is 4.60. The normalized spacial score (nSPS) is 10.4. The lowest BCUT2D eigenvalue weighted by atomic mass is 10.1. The molecule has 0 atom stereocenters. The molecule has 3 aromatic rings. The van der Waals surface area contributed by atoms with Crippen LogP contribution in [-0.4, -0.2) is 9.97 Å². The summed E-state index contributed by atoms with van der Waals surface area (Å²) in [4.78, 5) is 9.81. The molecule has 0 spiro atoms. The minimum absolute atomic E-state index is 0.957. The van der Waals surface area contributed by atoms with Gasteiger partial charge in [-0.3, -0.25) is 9.97 Å².